The number of hydrogen-bond acceptors (Lipinski definition) is 3. The third-order valence-corrected chi connectivity index (χ3v) is 6.87. The predicted molar refractivity (Wildman–Crippen MR) is 152 cm³/mol. The molecular weight excluding hydrogens is 474 g/mol. The van der Waals surface area contributed by atoms with Crippen LogP contribution in [0.5, 0.6) is 0 Å². The van der Waals surface area contributed by atoms with Crippen molar-refractivity contribution in [1.82, 2.24) is 14.8 Å². The van der Waals surface area contributed by atoms with Gasteiger partial charge in [-0.2, -0.15) is 0 Å². The van der Waals surface area contributed by atoms with E-state index in [9.17, 15) is 9.59 Å². The van der Waals surface area contributed by atoms with Gasteiger partial charge in [0, 0.05) is 43.0 Å². The minimum atomic E-state index is -0.0471. The van der Waals surface area contributed by atoms with Gasteiger partial charge < -0.3 is 19.5 Å². The second-order valence-corrected chi connectivity index (χ2v) is 9.87. The Morgan fingerprint density at radius 2 is 1.74 bits per heavy atom. The molecule has 6 nitrogen and oxygen atoms in total. The number of amides is 2. The van der Waals surface area contributed by atoms with Gasteiger partial charge in [-0.05, 0) is 50.1 Å². The molecule has 2 amide bonds. The Morgan fingerprint density at radius 1 is 0.947 bits per heavy atom. The monoisotopic (exact) mass is 511 g/mol. The second-order valence-electron chi connectivity index (χ2n) is 9.87. The molecule has 0 spiro atoms. The van der Waals surface area contributed by atoms with E-state index < -0.39 is 0 Å². The van der Waals surface area contributed by atoms with E-state index in [0.717, 1.165) is 41.7 Å². The van der Waals surface area contributed by atoms with Gasteiger partial charge in [0.15, 0.2) is 0 Å². The molecule has 1 aliphatic rings. The van der Waals surface area contributed by atoms with Crippen molar-refractivity contribution in [2.24, 2.45) is 0 Å². The first-order chi connectivity index (χ1) is 18.5. The summed E-state index contributed by atoms with van der Waals surface area (Å²) in [5.41, 5.74) is 6.37. The Bertz CT molecular complexity index is 1340. The number of likely N-dealkylation sites (N-methyl/N-ethyl adjacent to an activating group) is 1. The van der Waals surface area contributed by atoms with E-state index in [1.165, 1.54) is 11.1 Å². The van der Waals surface area contributed by atoms with Crippen molar-refractivity contribution < 1.29 is 14.3 Å². The topological polar surface area (TPSA) is 65.6 Å². The SMILES string of the molecule is CCN(CCN(C=O)Cc1cccc(C2COC2)c1)C(=O)c1cc2cc(C)ccc2[nH]1.Cc1ccccc1. The first-order valence-electron chi connectivity index (χ1n) is 13.2. The molecule has 198 valence electrons. The molecule has 0 unspecified atom stereocenters. The van der Waals surface area contributed by atoms with E-state index in [0.29, 0.717) is 37.8 Å². The summed E-state index contributed by atoms with van der Waals surface area (Å²) in [6.07, 6.45) is 0.864. The third-order valence-electron chi connectivity index (χ3n) is 6.87. The van der Waals surface area contributed by atoms with Crippen LogP contribution in [-0.4, -0.2) is 59.9 Å². The largest absolute Gasteiger partial charge is 0.380 e. The van der Waals surface area contributed by atoms with Crippen molar-refractivity contribution >= 4 is 23.2 Å². The van der Waals surface area contributed by atoms with Gasteiger partial charge in [0.2, 0.25) is 6.41 Å². The molecule has 5 rings (SSSR count). The van der Waals surface area contributed by atoms with Gasteiger partial charge in [-0.3, -0.25) is 9.59 Å². The van der Waals surface area contributed by atoms with Crippen molar-refractivity contribution in [3.05, 3.63) is 107 Å². The number of ether oxygens (including phenoxy) is 1. The van der Waals surface area contributed by atoms with E-state index in [2.05, 4.69) is 42.2 Å². The fourth-order valence-corrected chi connectivity index (χ4v) is 4.50. The van der Waals surface area contributed by atoms with Crippen LogP contribution in [0.15, 0.2) is 78.9 Å². The molecule has 3 aromatic carbocycles. The number of rotatable bonds is 9. The molecule has 38 heavy (non-hydrogen) atoms. The maximum atomic E-state index is 13.0. The number of aromatic amines is 1. The van der Waals surface area contributed by atoms with Crippen LogP contribution in [0, 0.1) is 13.8 Å². The van der Waals surface area contributed by atoms with Gasteiger partial charge in [0.05, 0.1) is 13.2 Å². The van der Waals surface area contributed by atoms with E-state index >= 15 is 0 Å². The highest BCUT2D eigenvalue weighted by Crippen LogP contribution is 2.25. The summed E-state index contributed by atoms with van der Waals surface area (Å²) in [4.78, 5) is 31.4. The van der Waals surface area contributed by atoms with Crippen LogP contribution in [0.3, 0.4) is 0 Å². The molecule has 4 aromatic rings. The molecule has 1 saturated heterocycles. The Hall–Kier alpha value is -3.90. The number of carbonyl (C=O) groups is 2. The first-order valence-corrected chi connectivity index (χ1v) is 13.2. The summed E-state index contributed by atoms with van der Waals surface area (Å²) in [7, 11) is 0. The van der Waals surface area contributed by atoms with Gasteiger partial charge in [-0.25, -0.2) is 0 Å². The normalized spacial score (nSPS) is 12.8. The van der Waals surface area contributed by atoms with Crippen LogP contribution < -0.4 is 0 Å². The lowest BCUT2D eigenvalue weighted by atomic mass is 9.96. The highest BCUT2D eigenvalue weighted by molar-refractivity contribution is 5.98. The van der Waals surface area contributed by atoms with Crippen molar-refractivity contribution in [1.29, 1.82) is 0 Å². The van der Waals surface area contributed by atoms with E-state index in [1.54, 1.807) is 9.80 Å². The average Bonchev–Trinajstić information content (AvgIpc) is 3.31. The molecule has 2 heterocycles. The van der Waals surface area contributed by atoms with Gasteiger partial charge in [0.25, 0.3) is 5.91 Å². The minimum Gasteiger partial charge on any atom is -0.380 e. The lowest BCUT2D eigenvalue weighted by Crippen LogP contribution is -2.38. The van der Waals surface area contributed by atoms with Crippen LogP contribution in [0.1, 0.15) is 45.6 Å². The highest BCUT2D eigenvalue weighted by Gasteiger charge is 2.21. The molecule has 1 aromatic heterocycles. The van der Waals surface area contributed by atoms with E-state index in [1.807, 2.05) is 62.4 Å². The number of aryl methyl sites for hydroxylation is 2. The number of carbonyl (C=O) groups excluding carboxylic acids is 2. The smallest absolute Gasteiger partial charge is 0.270 e. The zero-order valence-corrected chi connectivity index (χ0v) is 22.5. The first kappa shape index (κ1) is 27.1. The van der Waals surface area contributed by atoms with Gasteiger partial charge in [0.1, 0.15) is 5.69 Å². The van der Waals surface area contributed by atoms with E-state index in [-0.39, 0.29) is 5.91 Å². The Kier molecular flexibility index (Phi) is 9.33. The number of hydrogen-bond donors (Lipinski definition) is 1. The Morgan fingerprint density at radius 3 is 2.37 bits per heavy atom. The van der Waals surface area contributed by atoms with Crippen LogP contribution in [0.4, 0.5) is 0 Å². The standard InChI is InChI=1S/C25H29N3O3.C7H8/c1-3-28(25(30)24-13-21-11-18(2)7-8-23(21)26-24)10-9-27(17-29)14-19-5-4-6-20(12-19)22-15-31-16-22;1-7-5-3-2-4-6-7/h4-8,11-13,17,22,26H,3,9-10,14-16H2,1-2H3;2-6H,1H3. The van der Waals surface area contributed by atoms with Crippen LogP contribution >= 0.6 is 0 Å². The number of aromatic nitrogens is 1. The molecule has 0 saturated carbocycles. The zero-order valence-electron chi connectivity index (χ0n) is 22.5. The number of fused-ring (bicyclic) bond motifs is 1. The van der Waals surface area contributed by atoms with Crippen molar-refractivity contribution in [3.8, 4) is 0 Å². The molecule has 0 aliphatic carbocycles. The van der Waals surface area contributed by atoms with Crippen molar-refractivity contribution in [2.75, 3.05) is 32.8 Å². The predicted octanol–water partition coefficient (Wildman–Crippen LogP) is 5.71. The third kappa shape index (κ3) is 7.11. The summed E-state index contributed by atoms with van der Waals surface area (Å²) in [6.45, 7) is 9.69. The molecule has 0 radical (unpaired) electrons. The summed E-state index contributed by atoms with van der Waals surface area (Å²) < 4.78 is 5.29. The maximum absolute atomic E-state index is 13.0. The Balaban J connectivity index is 0.000000417. The van der Waals surface area contributed by atoms with Crippen molar-refractivity contribution in [3.63, 3.8) is 0 Å². The van der Waals surface area contributed by atoms with Crippen LogP contribution in [-0.2, 0) is 16.1 Å². The maximum Gasteiger partial charge on any atom is 0.270 e. The summed E-state index contributed by atoms with van der Waals surface area (Å²) >= 11 is 0. The number of nitrogens with one attached hydrogen (secondary N) is 1. The summed E-state index contributed by atoms with van der Waals surface area (Å²) in [5.74, 6) is 0.409. The number of nitrogens with zero attached hydrogens (tertiary/aromatic N) is 2. The molecular formula is C32H37N3O3. The fourth-order valence-electron chi connectivity index (χ4n) is 4.50. The van der Waals surface area contributed by atoms with Crippen LogP contribution in [0.2, 0.25) is 0 Å². The lowest BCUT2D eigenvalue weighted by Gasteiger charge is -2.27. The van der Waals surface area contributed by atoms with E-state index in [4.69, 9.17) is 4.74 Å². The number of benzene rings is 3. The Labute approximate surface area is 225 Å². The van der Waals surface area contributed by atoms with Gasteiger partial charge in [-0.1, -0.05) is 71.8 Å². The second kappa shape index (κ2) is 13.1. The van der Waals surface area contributed by atoms with Gasteiger partial charge >= 0.3 is 0 Å². The molecule has 1 fully saturated rings. The zero-order chi connectivity index (χ0) is 26.9. The molecule has 1 N–H and O–H groups in total. The van der Waals surface area contributed by atoms with Crippen LogP contribution in [0.25, 0.3) is 10.9 Å². The lowest BCUT2D eigenvalue weighted by molar-refractivity contribution is -0.118. The summed E-state index contributed by atoms with van der Waals surface area (Å²) in [6, 6.07) is 26.6. The minimum absolute atomic E-state index is 0.0471. The fraction of sp³-hybridized carbons (Fsp3) is 0.312. The average molecular weight is 512 g/mol. The number of H-pyrrole nitrogens is 1. The molecule has 6 heteroatoms. The quantitative estimate of drug-likeness (QED) is 0.293. The molecule has 1 aliphatic heterocycles. The van der Waals surface area contributed by atoms with Crippen molar-refractivity contribution in [2.45, 2.75) is 33.2 Å². The molecule has 0 atom stereocenters. The summed E-state index contributed by atoms with van der Waals surface area (Å²) in [5, 5.41) is 1.03. The molecule has 0 bridgehead atoms. The highest BCUT2D eigenvalue weighted by atomic mass is 16.5. The van der Waals surface area contributed by atoms with Gasteiger partial charge in [-0.15, -0.1) is 0 Å².